The summed E-state index contributed by atoms with van der Waals surface area (Å²) in [5.74, 6) is -0.507. The number of aromatic carboxylic acids is 1. The molecule has 28 heavy (non-hydrogen) atoms. The predicted octanol–water partition coefficient (Wildman–Crippen LogP) is 1.78. The van der Waals surface area contributed by atoms with E-state index in [2.05, 4.69) is 20.5 Å². The van der Waals surface area contributed by atoms with Crippen molar-refractivity contribution in [2.24, 2.45) is 0 Å². The fraction of sp³-hybridized carbons (Fsp3) is 0.333. The smallest absolute Gasteiger partial charge is 0.358 e. The van der Waals surface area contributed by atoms with Crippen molar-refractivity contribution >= 4 is 11.9 Å². The zero-order chi connectivity index (χ0) is 19.5. The molecule has 1 amide bonds. The van der Waals surface area contributed by atoms with Gasteiger partial charge in [-0.2, -0.15) is 4.98 Å². The molecule has 0 aliphatic carbocycles. The molecule has 1 aromatic carbocycles. The fourth-order valence-electron chi connectivity index (χ4n) is 3.26. The molecule has 0 radical (unpaired) electrons. The summed E-state index contributed by atoms with van der Waals surface area (Å²) in [7, 11) is 0. The van der Waals surface area contributed by atoms with Crippen LogP contribution in [0.3, 0.4) is 0 Å². The molecule has 2 aromatic heterocycles. The summed E-state index contributed by atoms with van der Waals surface area (Å²) in [6.07, 6.45) is 3.78. The SMILES string of the molecule is O=C(O)c1cn(CC(=O)N2CCCCC2c2nc(-c3ccccc3)no2)nn1. The lowest BCUT2D eigenvalue weighted by Gasteiger charge is -2.33. The lowest BCUT2D eigenvalue weighted by atomic mass is 10.0. The molecule has 3 heterocycles. The number of carbonyl (C=O) groups is 2. The molecule has 3 aromatic rings. The fourth-order valence-corrected chi connectivity index (χ4v) is 3.26. The van der Waals surface area contributed by atoms with Gasteiger partial charge in [-0.15, -0.1) is 5.10 Å². The van der Waals surface area contributed by atoms with Crippen molar-refractivity contribution in [3.8, 4) is 11.4 Å². The van der Waals surface area contributed by atoms with Crippen LogP contribution in [-0.4, -0.2) is 53.6 Å². The second kappa shape index (κ2) is 7.59. The molecule has 4 rings (SSSR count). The number of hydrogen-bond acceptors (Lipinski definition) is 7. The maximum atomic E-state index is 12.8. The van der Waals surface area contributed by atoms with E-state index in [1.165, 1.54) is 10.9 Å². The number of hydrogen-bond donors (Lipinski definition) is 1. The molecule has 144 valence electrons. The molecule has 10 heteroatoms. The minimum atomic E-state index is -1.19. The lowest BCUT2D eigenvalue weighted by Crippen LogP contribution is -2.40. The van der Waals surface area contributed by atoms with Crippen LogP contribution in [0, 0.1) is 0 Å². The summed E-state index contributed by atoms with van der Waals surface area (Å²) in [5, 5.41) is 20.2. The Morgan fingerprint density at radius 3 is 2.79 bits per heavy atom. The van der Waals surface area contributed by atoms with Crippen LogP contribution in [0.5, 0.6) is 0 Å². The number of amides is 1. The van der Waals surface area contributed by atoms with E-state index in [0.29, 0.717) is 18.3 Å². The first-order valence-electron chi connectivity index (χ1n) is 8.94. The van der Waals surface area contributed by atoms with Crippen LogP contribution < -0.4 is 0 Å². The van der Waals surface area contributed by atoms with Crippen LogP contribution in [0.25, 0.3) is 11.4 Å². The van der Waals surface area contributed by atoms with E-state index in [9.17, 15) is 9.59 Å². The second-order valence-electron chi connectivity index (χ2n) is 6.53. The van der Waals surface area contributed by atoms with Crippen molar-refractivity contribution < 1.29 is 19.2 Å². The van der Waals surface area contributed by atoms with Gasteiger partial charge in [0.15, 0.2) is 5.69 Å². The molecule has 1 fully saturated rings. The molecule has 1 unspecified atom stereocenters. The van der Waals surface area contributed by atoms with E-state index in [-0.39, 0.29) is 24.2 Å². The Morgan fingerprint density at radius 2 is 2.04 bits per heavy atom. The van der Waals surface area contributed by atoms with Gasteiger partial charge in [-0.05, 0) is 19.3 Å². The molecule has 0 saturated carbocycles. The Morgan fingerprint density at radius 1 is 1.21 bits per heavy atom. The van der Waals surface area contributed by atoms with Gasteiger partial charge in [0, 0.05) is 12.1 Å². The zero-order valence-corrected chi connectivity index (χ0v) is 14.9. The second-order valence-corrected chi connectivity index (χ2v) is 6.53. The minimum absolute atomic E-state index is 0.101. The molecule has 1 atom stereocenters. The van der Waals surface area contributed by atoms with Gasteiger partial charge in [0.05, 0.1) is 6.20 Å². The van der Waals surface area contributed by atoms with E-state index < -0.39 is 5.97 Å². The molecular formula is C18H18N6O4. The van der Waals surface area contributed by atoms with Crippen molar-refractivity contribution in [2.75, 3.05) is 6.54 Å². The molecule has 1 aliphatic heterocycles. The molecule has 0 spiro atoms. The van der Waals surface area contributed by atoms with Gasteiger partial charge in [0.1, 0.15) is 12.6 Å². The minimum Gasteiger partial charge on any atom is -0.476 e. The first-order valence-corrected chi connectivity index (χ1v) is 8.94. The summed E-state index contributed by atoms with van der Waals surface area (Å²) in [6, 6.07) is 9.17. The van der Waals surface area contributed by atoms with Gasteiger partial charge in [0.2, 0.25) is 17.6 Å². The molecule has 0 bridgehead atoms. The van der Waals surface area contributed by atoms with Crippen molar-refractivity contribution in [3.05, 3.63) is 48.1 Å². The topological polar surface area (TPSA) is 127 Å². The molecule has 1 N–H and O–H groups in total. The van der Waals surface area contributed by atoms with E-state index >= 15 is 0 Å². The maximum Gasteiger partial charge on any atom is 0.358 e. The third-order valence-electron chi connectivity index (χ3n) is 4.64. The summed E-state index contributed by atoms with van der Waals surface area (Å²) < 4.78 is 6.68. The average Bonchev–Trinajstić information content (AvgIpc) is 3.38. The van der Waals surface area contributed by atoms with Crippen LogP contribution in [0.2, 0.25) is 0 Å². The van der Waals surface area contributed by atoms with E-state index in [1.54, 1.807) is 4.90 Å². The van der Waals surface area contributed by atoms with Gasteiger partial charge in [-0.1, -0.05) is 40.7 Å². The van der Waals surface area contributed by atoms with Gasteiger partial charge < -0.3 is 14.5 Å². The number of carboxylic acid groups (broad SMARTS) is 1. The van der Waals surface area contributed by atoms with Crippen molar-refractivity contribution in [2.45, 2.75) is 31.8 Å². The number of carbonyl (C=O) groups excluding carboxylic acids is 1. The van der Waals surface area contributed by atoms with E-state index in [1.807, 2.05) is 30.3 Å². The van der Waals surface area contributed by atoms with Crippen LogP contribution in [0.15, 0.2) is 41.1 Å². The average molecular weight is 382 g/mol. The van der Waals surface area contributed by atoms with Gasteiger partial charge in [-0.25, -0.2) is 9.48 Å². The first-order chi connectivity index (χ1) is 13.6. The molecule has 1 aliphatic rings. The van der Waals surface area contributed by atoms with Gasteiger partial charge in [0.25, 0.3) is 0 Å². The standard InChI is InChI=1S/C18H18N6O4/c25-15(11-23-10-13(18(26)27)20-22-23)24-9-5-4-8-14(24)17-19-16(21-28-17)12-6-2-1-3-7-12/h1-3,6-7,10,14H,4-5,8-9,11H2,(H,26,27). The third kappa shape index (κ3) is 3.61. The highest BCUT2D eigenvalue weighted by Gasteiger charge is 2.32. The quantitative estimate of drug-likeness (QED) is 0.707. The van der Waals surface area contributed by atoms with Crippen molar-refractivity contribution in [1.29, 1.82) is 0 Å². The Bertz CT molecular complexity index is 983. The van der Waals surface area contributed by atoms with Crippen LogP contribution in [0.4, 0.5) is 0 Å². The Labute approximate surface area is 159 Å². The van der Waals surface area contributed by atoms with E-state index in [4.69, 9.17) is 9.63 Å². The first kappa shape index (κ1) is 17.8. The Kier molecular flexibility index (Phi) is 4.83. The Balaban J connectivity index is 1.52. The van der Waals surface area contributed by atoms with Crippen LogP contribution >= 0.6 is 0 Å². The Hall–Kier alpha value is -3.56. The summed E-state index contributed by atoms with van der Waals surface area (Å²) in [4.78, 5) is 29.9. The largest absolute Gasteiger partial charge is 0.476 e. The van der Waals surface area contributed by atoms with Gasteiger partial charge in [-0.3, -0.25) is 4.79 Å². The number of likely N-dealkylation sites (tertiary alicyclic amines) is 1. The van der Waals surface area contributed by atoms with Crippen LogP contribution in [0.1, 0.15) is 41.7 Å². The predicted molar refractivity (Wildman–Crippen MR) is 95.0 cm³/mol. The number of carboxylic acids is 1. The monoisotopic (exact) mass is 382 g/mol. The number of rotatable bonds is 5. The molecular weight excluding hydrogens is 364 g/mol. The normalized spacial score (nSPS) is 16.9. The number of benzene rings is 1. The van der Waals surface area contributed by atoms with Gasteiger partial charge >= 0.3 is 5.97 Å². The van der Waals surface area contributed by atoms with E-state index in [0.717, 1.165) is 24.8 Å². The highest BCUT2D eigenvalue weighted by molar-refractivity contribution is 5.84. The van der Waals surface area contributed by atoms with Crippen molar-refractivity contribution in [3.63, 3.8) is 0 Å². The lowest BCUT2D eigenvalue weighted by molar-refractivity contribution is -0.136. The summed E-state index contributed by atoms with van der Waals surface area (Å²) in [6.45, 7) is 0.462. The number of nitrogens with zero attached hydrogens (tertiary/aromatic N) is 6. The summed E-state index contributed by atoms with van der Waals surface area (Å²) in [5.41, 5.74) is 0.641. The van der Waals surface area contributed by atoms with Crippen molar-refractivity contribution in [1.82, 2.24) is 30.0 Å². The molecule has 10 nitrogen and oxygen atoms in total. The molecule has 1 saturated heterocycles. The number of piperidine rings is 1. The maximum absolute atomic E-state index is 12.8. The highest BCUT2D eigenvalue weighted by atomic mass is 16.5. The summed E-state index contributed by atoms with van der Waals surface area (Å²) >= 11 is 0. The highest BCUT2D eigenvalue weighted by Crippen LogP contribution is 2.31. The number of aromatic nitrogens is 5. The third-order valence-corrected chi connectivity index (χ3v) is 4.64. The van der Waals surface area contributed by atoms with Crippen LogP contribution in [-0.2, 0) is 11.3 Å². The zero-order valence-electron chi connectivity index (χ0n) is 14.9.